The fraction of sp³-hybridized carbons (Fsp3) is 0.200. The molecule has 3 nitrogen and oxygen atoms in total. The van der Waals surface area contributed by atoms with Gasteiger partial charge in [0, 0.05) is 13.6 Å². The van der Waals surface area contributed by atoms with Gasteiger partial charge >= 0.3 is 0 Å². The Bertz CT molecular complexity index is 540. The first-order chi connectivity index (χ1) is 8.10. The van der Waals surface area contributed by atoms with E-state index in [2.05, 4.69) is 32.4 Å². The van der Waals surface area contributed by atoms with Crippen molar-refractivity contribution in [3.05, 3.63) is 30.8 Å². The van der Waals surface area contributed by atoms with E-state index in [9.17, 15) is 4.79 Å². The van der Waals surface area contributed by atoms with E-state index in [-0.39, 0.29) is 5.15 Å². The van der Waals surface area contributed by atoms with Gasteiger partial charge in [-0.3, -0.25) is 4.79 Å². The van der Waals surface area contributed by atoms with Crippen LogP contribution in [0.3, 0.4) is 0 Å². The van der Waals surface area contributed by atoms with Gasteiger partial charge in [-0.05, 0) is 32.9 Å². The molecule has 0 aliphatic rings. The number of aromatic nitrogens is 1. The van der Waals surface area contributed by atoms with Crippen molar-refractivity contribution >= 4 is 61.6 Å². The zero-order chi connectivity index (χ0) is 12.4. The Hall–Kier alpha value is -0.430. The summed E-state index contributed by atoms with van der Waals surface area (Å²) in [4.78, 5) is 17.3. The molecule has 7 heteroatoms. The second-order valence-corrected chi connectivity index (χ2v) is 7.04. The maximum absolute atomic E-state index is 10.7. The van der Waals surface area contributed by atoms with E-state index in [1.54, 1.807) is 11.3 Å². The van der Waals surface area contributed by atoms with Gasteiger partial charge in [-0.25, -0.2) is 4.98 Å². The molecule has 2 aromatic rings. The van der Waals surface area contributed by atoms with Gasteiger partial charge in [0.25, 0.3) is 0 Å². The zero-order valence-corrected chi connectivity index (χ0v) is 12.8. The van der Waals surface area contributed by atoms with Crippen LogP contribution in [0.5, 0.6) is 0 Å². The van der Waals surface area contributed by atoms with Crippen molar-refractivity contribution in [2.24, 2.45) is 0 Å². The van der Waals surface area contributed by atoms with Gasteiger partial charge in [0.15, 0.2) is 16.6 Å². The first-order valence-electron chi connectivity index (χ1n) is 4.65. The molecule has 0 aliphatic heterocycles. The SMILES string of the molecule is CN(Cc1csc(Br)c1)c1nc(Cl)c(C=O)s1. The summed E-state index contributed by atoms with van der Waals surface area (Å²) in [5.41, 5.74) is 1.20. The van der Waals surface area contributed by atoms with E-state index in [0.717, 1.165) is 21.7 Å². The Morgan fingerprint density at radius 2 is 2.41 bits per heavy atom. The maximum Gasteiger partial charge on any atom is 0.187 e. The van der Waals surface area contributed by atoms with Gasteiger partial charge in [-0.1, -0.05) is 22.9 Å². The van der Waals surface area contributed by atoms with Gasteiger partial charge < -0.3 is 4.90 Å². The first kappa shape index (κ1) is 13.0. The fourth-order valence-corrected chi connectivity index (χ4v) is 3.53. The Balaban J connectivity index is 2.13. The lowest BCUT2D eigenvalue weighted by atomic mass is 10.3. The van der Waals surface area contributed by atoms with Crippen LogP contribution in [0.1, 0.15) is 15.2 Å². The molecule has 0 saturated carbocycles. The molecule has 0 atom stereocenters. The molecule has 2 rings (SSSR count). The second kappa shape index (κ2) is 5.48. The highest BCUT2D eigenvalue weighted by molar-refractivity contribution is 9.11. The molecular formula is C10H8BrClN2OS2. The number of anilines is 1. The number of halogens is 2. The lowest BCUT2D eigenvalue weighted by Crippen LogP contribution is -2.15. The summed E-state index contributed by atoms with van der Waals surface area (Å²) < 4.78 is 1.10. The van der Waals surface area contributed by atoms with Crippen molar-refractivity contribution in [1.29, 1.82) is 0 Å². The van der Waals surface area contributed by atoms with Crippen molar-refractivity contribution < 1.29 is 4.79 Å². The van der Waals surface area contributed by atoms with Crippen LogP contribution in [0.25, 0.3) is 0 Å². The summed E-state index contributed by atoms with van der Waals surface area (Å²) in [5.74, 6) is 0. The molecule has 0 aliphatic carbocycles. The average molecular weight is 352 g/mol. The summed E-state index contributed by atoms with van der Waals surface area (Å²) in [6, 6.07) is 2.07. The first-order valence-corrected chi connectivity index (χ1v) is 7.52. The number of thiazole rings is 1. The van der Waals surface area contributed by atoms with Crippen molar-refractivity contribution in [3.8, 4) is 0 Å². The number of hydrogen-bond donors (Lipinski definition) is 0. The fourth-order valence-electron chi connectivity index (χ4n) is 1.31. The highest BCUT2D eigenvalue weighted by Gasteiger charge is 2.12. The van der Waals surface area contributed by atoms with Gasteiger partial charge in [0.2, 0.25) is 0 Å². The van der Waals surface area contributed by atoms with Crippen LogP contribution in [-0.4, -0.2) is 18.3 Å². The third-order valence-electron chi connectivity index (χ3n) is 2.07. The van der Waals surface area contributed by atoms with E-state index in [0.29, 0.717) is 4.88 Å². The molecule has 2 aromatic heterocycles. The predicted molar refractivity (Wildman–Crippen MR) is 76.6 cm³/mol. The Morgan fingerprint density at radius 1 is 1.65 bits per heavy atom. The molecule has 0 amide bonds. The number of aldehydes is 1. The minimum absolute atomic E-state index is 0.276. The summed E-state index contributed by atoms with van der Waals surface area (Å²) in [7, 11) is 1.93. The van der Waals surface area contributed by atoms with E-state index < -0.39 is 0 Å². The smallest absolute Gasteiger partial charge is 0.187 e. The van der Waals surface area contributed by atoms with Gasteiger partial charge in [-0.15, -0.1) is 11.3 Å². The maximum atomic E-state index is 10.7. The zero-order valence-electron chi connectivity index (χ0n) is 8.81. The van der Waals surface area contributed by atoms with Crippen molar-refractivity contribution in [2.75, 3.05) is 11.9 Å². The molecule has 0 spiro atoms. The topological polar surface area (TPSA) is 33.2 Å². The quantitative estimate of drug-likeness (QED) is 0.779. The largest absolute Gasteiger partial charge is 0.347 e. The molecule has 2 heterocycles. The van der Waals surface area contributed by atoms with Crippen molar-refractivity contribution in [1.82, 2.24) is 4.98 Å². The van der Waals surface area contributed by atoms with Gasteiger partial charge in [0.05, 0.1) is 3.79 Å². The molecule has 0 bridgehead atoms. The highest BCUT2D eigenvalue weighted by Crippen LogP contribution is 2.29. The lowest BCUT2D eigenvalue weighted by molar-refractivity contribution is 0.112. The minimum atomic E-state index is 0.276. The number of hydrogen-bond acceptors (Lipinski definition) is 5. The molecule has 0 fully saturated rings. The van der Waals surface area contributed by atoms with Crippen LogP contribution in [-0.2, 0) is 6.54 Å². The number of carbonyl (C=O) groups excluding carboxylic acids is 1. The van der Waals surface area contributed by atoms with Crippen molar-refractivity contribution in [2.45, 2.75) is 6.54 Å². The predicted octanol–water partition coefficient (Wildman–Crippen LogP) is 4.07. The summed E-state index contributed by atoms with van der Waals surface area (Å²) in [6.45, 7) is 0.740. The van der Waals surface area contributed by atoms with Crippen molar-refractivity contribution in [3.63, 3.8) is 0 Å². The number of nitrogens with zero attached hydrogens (tertiary/aromatic N) is 2. The van der Waals surface area contributed by atoms with Crippen LogP contribution >= 0.6 is 50.2 Å². The third-order valence-corrected chi connectivity index (χ3v) is 5.12. The normalized spacial score (nSPS) is 10.5. The Labute approximate surface area is 120 Å². The molecule has 0 N–H and O–H groups in total. The lowest BCUT2D eigenvalue weighted by Gasteiger charge is -2.14. The van der Waals surface area contributed by atoms with E-state index in [1.165, 1.54) is 16.9 Å². The molecule has 0 unspecified atom stereocenters. The summed E-state index contributed by atoms with van der Waals surface area (Å²) >= 11 is 12.2. The summed E-state index contributed by atoms with van der Waals surface area (Å²) in [6.07, 6.45) is 0.735. The number of rotatable bonds is 4. The Kier molecular flexibility index (Phi) is 4.19. The monoisotopic (exact) mass is 350 g/mol. The van der Waals surface area contributed by atoms with Crippen LogP contribution in [0.15, 0.2) is 15.2 Å². The van der Waals surface area contributed by atoms with Gasteiger partial charge in [0.1, 0.15) is 4.88 Å². The van der Waals surface area contributed by atoms with Gasteiger partial charge in [-0.2, -0.15) is 0 Å². The highest BCUT2D eigenvalue weighted by atomic mass is 79.9. The minimum Gasteiger partial charge on any atom is -0.347 e. The number of carbonyl (C=O) groups is 1. The van der Waals surface area contributed by atoms with Crippen LogP contribution < -0.4 is 4.90 Å². The molecule has 17 heavy (non-hydrogen) atoms. The number of thiophene rings is 1. The molecule has 0 saturated heterocycles. The molecular weight excluding hydrogens is 344 g/mol. The summed E-state index contributed by atoms with van der Waals surface area (Å²) in [5, 5.41) is 3.11. The molecule has 0 radical (unpaired) electrons. The Morgan fingerprint density at radius 3 is 2.94 bits per heavy atom. The second-order valence-electron chi connectivity index (χ2n) is 3.38. The molecule has 0 aromatic carbocycles. The average Bonchev–Trinajstić information content (AvgIpc) is 2.85. The third kappa shape index (κ3) is 3.07. The van der Waals surface area contributed by atoms with E-state index in [4.69, 9.17) is 11.6 Å². The van der Waals surface area contributed by atoms with Crippen LogP contribution in [0.2, 0.25) is 5.15 Å². The molecule has 90 valence electrons. The van der Waals surface area contributed by atoms with E-state index >= 15 is 0 Å². The van der Waals surface area contributed by atoms with Crippen LogP contribution in [0, 0.1) is 0 Å². The standard InChI is InChI=1S/C10H8BrClN2OS2/c1-14(3-6-2-8(11)16-5-6)10-13-9(12)7(4-15)17-10/h2,4-5H,3H2,1H3. The van der Waals surface area contributed by atoms with E-state index in [1.807, 2.05) is 11.9 Å². The van der Waals surface area contributed by atoms with Crippen LogP contribution in [0.4, 0.5) is 5.13 Å².